The van der Waals surface area contributed by atoms with Crippen LogP contribution >= 0.6 is 34.8 Å². The second-order valence-corrected chi connectivity index (χ2v) is 8.98. The van der Waals surface area contributed by atoms with Crippen LogP contribution in [-0.4, -0.2) is 30.2 Å². The van der Waals surface area contributed by atoms with Crippen LogP contribution in [0.3, 0.4) is 0 Å². The van der Waals surface area contributed by atoms with Crippen LogP contribution in [0.2, 0.25) is 15.1 Å². The van der Waals surface area contributed by atoms with E-state index in [1.165, 1.54) is 0 Å². The number of carbonyl (C=O) groups excluding carboxylic acids is 3. The molecule has 4 rings (SSSR count). The lowest BCUT2D eigenvalue weighted by Gasteiger charge is -2.43. The van der Waals surface area contributed by atoms with Crippen LogP contribution in [0.15, 0.2) is 36.4 Å². The largest absolute Gasteiger partial charge is 0.352 e. The van der Waals surface area contributed by atoms with E-state index >= 15 is 0 Å². The lowest BCUT2D eigenvalue weighted by atomic mass is 9.81. The van der Waals surface area contributed by atoms with Gasteiger partial charge < -0.3 is 21.3 Å². The summed E-state index contributed by atoms with van der Waals surface area (Å²) in [6.45, 7) is 1.88. The first-order valence-electron chi connectivity index (χ1n) is 9.85. The maximum Gasteiger partial charge on any atom is 0.229 e. The van der Waals surface area contributed by atoms with Gasteiger partial charge in [-0.15, -0.1) is 0 Å². The van der Waals surface area contributed by atoms with Crippen molar-refractivity contribution in [1.82, 2.24) is 16.0 Å². The minimum absolute atomic E-state index is 0.118. The summed E-state index contributed by atoms with van der Waals surface area (Å²) in [7, 11) is 0. The van der Waals surface area contributed by atoms with E-state index in [0.717, 1.165) is 5.56 Å². The van der Waals surface area contributed by atoms with Gasteiger partial charge in [0.05, 0.1) is 39.4 Å². The predicted octanol–water partition coefficient (Wildman–Crippen LogP) is 3.09. The summed E-state index contributed by atoms with van der Waals surface area (Å²) in [5, 5.41) is 15.6. The molecule has 0 aromatic heterocycles. The molecule has 8 nitrogen and oxygen atoms in total. The third-order valence-corrected chi connectivity index (χ3v) is 6.26. The van der Waals surface area contributed by atoms with Crippen molar-refractivity contribution >= 4 is 63.9 Å². The van der Waals surface area contributed by atoms with E-state index in [0.29, 0.717) is 26.4 Å². The Morgan fingerprint density at radius 1 is 1.00 bits per heavy atom. The molecular weight excluding hydrogens is 477 g/mol. The molecule has 4 unspecified atom stereocenters. The normalized spacial score (nSPS) is 24.8. The predicted molar refractivity (Wildman–Crippen MR) is 123 cm³/mol. The van der Waals surface area contributed by atoms with Gasteiger partial charge in [-0.2, -0.15) is 0 Å². The number of rotatable bonds is 4. The number of hydrogen-bond donors (Lipinski definition) is 5. The van der Waals surface area contributed by atoms with Crippen molar-refractivity contribution in [2.45, 2.75) is 25.8 Å². The van der Waals surface area contributed by atoms with E-state index in [-0.39, 0.29) is 18.2 Å². The molecule has 2 aliphatic heterocycles. The zero-order valence-electron chi connectivity index (χ0n) is 16.8. The highest BCUT2D eigenvalue weighted by molar-refractivity contribution is 6.36. The van der Waals surface area contributed by atoms with Gasteiger partial charge in [-0.05, 0) is 42.8 Å². The van der Waals surface area contributed by atoms with Gasteiger partial charge in [0.2, 0.25) is 17.7 Å². The molecule has 168 valence electrons. The Kier molecular flexibility index (Phi) is 6.48. The number of benzene rings is 2. The van der Waals surface area contributed by atoms with Crippen molar-refractivity contribution in [2.75, 3.05) is 10.6 Å². The van der Waals surface area contributed by atoms with Gasteiger partial charge in [-0.25, -0.2) is 0 Å². The summed E-state index contributed by atoms with van der Waals surface area (Å²) in [5.41, 5.74) is 1.91. The fraction of sp³-hybridized carbons (Fsp3) is 0.286. The van der Waals surface area contributed by atoms with E-state index in [1.54, 1.807) is 30.3 Å². The molecule has 0 bridgehead atoms. The fourth-order valence-electron chi connectivity index (χ4n) is 3.86. The van der Waals surface area contributed by atoms with E-state index in [2.05, 4.69) is 26.6 Å². The quantitative estimate of drug-likeness (QED) is 0.447. The van der Waals surface area contributed by atoms with Gasteiger partial charge >= 0.3 is 0 Å². The third kappa shape index (κ3) is 4.78. The monoisotopic (exact) mass is 495 g/mol. The van der Waals surface area contributed by atoms with Crippen molar-refractivity contribution in [3.8, 4) is 0 Å². The minimum Gasteiger partial charge on any atom is -0.352 e. The lowest BCUT2D eigenvalue weighted by molar-refractivity contribution is -0.144. The molecule has 3 amide bonds. The fourth-order valence-corrected chi connectivity index (χ4v) is 4.61. The number of piperidine rings is 1. The number of nitrogens with one attached hydrogen (secondary N) is 5. The highest BCUT2D eigenvalue weighted by Gasteiger charge is 2.48. The first kappa shape index (κ1) is 22.7. The summed E-state index contributed by atoms with van der Waals surface area (Å²) >= 11 is 18.3. The topological polar surface area (TPSA) is 111 Å². The van der Waals surface area contributed by atoms with Gasteiger partial charge in [0, 0.05) is 11.4 Å². The number of halogens is 3. The highest BCUT2D eigenvalue weighted by Crippen LogP contribution is 2.31. The molecule has 5 N–H and O–H groups in total. The van der Waals surface area contributed by atoms with E-state index in [4.69, 9.17) is 34.8 Å². The summed E-state index contributed by atoms with van der Waals surface area (Å²) in [5.74, 6) is -2.86. The zero-order valence-corrected chi connectivity index (χ0v) is 19.1. The molecule has 0 spiro atoms. The molecule has 0 aliphatic carbocycles. The van der Waals surface area contributed by atoms with Gasteiger partial charge in [0.25, 0.3) is 0 Å². The molecule has 2 fully saturated rings. The van der Waals surface area contributed by atoms with Crippen LogP contribution in [0.25, 0.3) is 0 Å². The molecule has 2 aliphatic rings. The van der Waals surface area contributed by atoms with Gasteiger partial charge in [0.1, 0.15) is 0 Å². The number of anilines is 2. The summed E-state index contributed by atoms with van der Waals surface area (Å²) in [6, 6.07) is 10.1. The zero-order chi connectivity index (χ0) is 23.0. The SMILES string of the molecule is Cc1ccc(NC(=O)C2CC(=O)NC3NC(Nc4ccc(Cl)cc4Cl)NC(=O)C32)c(Cl)c1. The first-order valence-corrected chi connectivity index (χ1v) is 11.0. The second kappa shape index (κ2) is 9.15. The number of amides is 3. The summed E-state index contributed by atoms with van der Waals surface area (Å²) in [4.78, 5) is 38.3. The average molecular weight is 497 g/mol. The van der Waals surface area contributed by atoms with Gasteiger partial charge in [0.15, 0.2) is 6.29 Å². The Morgan fingerprint density at radius 3 is 2.44 bits per heavy atom. The average Bonchev–Trinajstić information content (AvgIpc) is 2.71. The molecule has 2 aromatic carbocycles. The van der Waals surface area contributed by atoms with Crippen molar-refractivity contribution in [3.05, 3.63) is 57.0 Å². The second-order valence-electron chi connectivity index (χ2n) is 7.73. The number of fused-ring (bicyclic) bond motifs is 1. The number of hydrogen-bond acceptors (Lipinski definition) is 5. The standard InChI is InChI=1S/C21H20Cl3N5O3/c1-9-2-4-14(12(23)6-9)25-19(31)11-8-16(30)27-18-17(11)20(32)29-21(28-18)26-15-5-3-10(22)7-13(15)24/h2-7,11,17-18,21,26,28H,8H2,1H3,(H,25,31)(H,27,30)(H,29,32). The van der Waals surface area contributed by atoms with E-state index < -0.39 is 30.2 Å². The van der Waals surface area contributed by atoms with Crippen molar-refractivity contribution < 1.29 is 14.4 Å². The van der Waals surface area contributed by atoms with Gasteiger partial charge in [-0.1, -0.05) is 40.9 Å². The van der Waals surface area contributed by atoms with Crippen molar-refractivity contribution in [2.24, 2.45) is 11.8 Å². The molecule has 2 saturated heterocycles. The van der Waals surface area contributed by atoms with E-state index in [9.17, 15) is 14.4 Å². The first-order chi connectivity index (χ1) is 15.2. The summed E-state index contributed by atoms with van der Waals surface area (Å²) in [6.07, 6.45) is -1.60. The molecule has 2 aromatic rings. The van der Waals surface area contributed by atoms with Crippen LogP contribution in [0.4, 0.5) is 11.4 Å². The number of carbonyl (C=O) groups is 3. The molecule has 11 heteroatoms. The van der Waals surface area contributed by atoms with Gasteiger partial charge in [-0.3, -0.25) is 19.7 Å². The van der Waals surface area contributed by atoms with Crippen LogP contribution in [-0.2, 0) is 14.4 Å². The van der Waals surface area contributed by atoms with E-state index in [1.807, 2.05) is 13.0 Å². The lowest BCUT2D eigenvalue weighted by Crippen LogP contribution is -2.72. The molecular formula is C21H20Cl3N5O3. The molecule has 0 saturated carbocycles. The van der Waals surface area contributed by atoms with Crippen LogP contribution < -0.4 is 26.6 Å². The maximum absolute atomic E-state index is 13.0. The summed E-state index contributed by atoms with van der Waals surface area (Å²) < 4.78 is 0. The molecule has 2 heterocycles. The number of aryl methyl sites for hydroxylation is 1. The van der Waals surface area contributed by atoms with Crippen LogP contribution in [0.5, 0.6) is 0 Å². The minimum atomic E-state index is -0.876. The third-order valence-electron chi connectivity index (χ3n) is 5.40. The van der Waals surface area contributed by atoms with Crippen molar-refractivity contribution in [3.63, 3.8) is 0 Å². The Labute approximate surface area is 199 Å². The van der Waals surface area contributed by atoms with Crippen molar-refractivity contribution in [1.29, 1.82) is 0 Å². The Bertz CT molecular complexity index is 1100. The Balaban J connectivity index is 1.50. The Morgan fingerprint density at radius 2 is 1.72 bits per heavy atom. The molecule has 4 atom stereocenters. The Hall–Kier alpha value is -2.52. The van der Waals surface area contributed by atoms with Crippen LogP contribution in [0.1, 0.15) is 12.0 Å². The maximum atomic E-state index is 13.0. The smallest absolute Gasteiger partial charge is 0.229 e. The molecule has 0 radical (unpaired) electrons. The molecule has 32 heavy (non-hydrogen) atoms. The highest BCUT2D eigenvalue weighted by atomic mass is 35.5. The van der Waals surface area contributed by atoms with Crippen LogP contribution in [0, 0.1) is 18.8 Å².